The van der Waals surface area contributed by atoms with Crippen LogP contribution in [-0.2, 0) is 11.3 Å². The molecule has 1 N–H and O–H groups in total. The van der Waals surface area contributed by atoms with Gasteiger partial charge in [0.25, 0.3) is 5.56 Å². The summed E-state index contributed by atoms with van der Waals surface area (Å²) in [6, 6.07) is 0. The van der Waals surface area contributed by atoms with Gasteiger partial charge in [0.15, 0.2) is 11.3 Å². The third-order valence-corrected chi connectivity index (χ3v) is 3.21. The number of carbonyl (C=O) groups excluding carboxylic acids is 1. The maximum Gasteiger partial charge on any atom is 0.347 e. The Morgan fingerprint density at radius 1 is 1.48 bits per heavy atom. The highest BCUT2D eigenvalue weighted by molar-refractivity contribution is 5.94. The monoisotopic (exact) mass is 293 g/mol. The third-order valence-electron chi connectivity index (χ3n) is 3.21. The molecule has 2 heterocycles. The van der Waals surface area contributed by atoms with Crippen molar-refractivity contribution >= 4 is 11.5 Å². The summed E-state index contributed by atoms with van der Waals surface area (Å²) in [5.74, 6) is -0.811. The number of fused-ring (bicyclic) bond motifs is 1. The van der Waals surface area contributed by atoms with Gasteiger partial charge in [-0.3, -0.25) is 4.79 Å². The van der Waals surface area contributed by atoms with Crippen molar-refractivity contribution in [2.45, 2.75) is 33.7 Å². The van der Waals surface area contributed by atoms with E-state index in [1.807, 2.05) is 13.8 Å². The van der Waals surface area contributed by atoms with Gasteiger partial charge in [-0.15, -0.1) is 0 Å². The van der Waals surface area contributed by atoms with Crippen molar-refractivity contribution in [3.05, 3.63) is 28.4 Å². The zero-order valence-electron chi connectivity index (χ0n) is 12.4. The zero-order chi connectivity index (χ0) is 15.6. The Morgan fingerprint density at radius 2 is 2.19 bits per heavy atom. The van der Waals surface area contributed by atoms with Gasteiger partial charge in [0.05, 0.1) is 12.8 Å². The molecule has 2 rings (SSSR count). The zero-order valence-corrected chi connectivity index (χ0v) is 12.4. The van der Waals surface area contributed by atoms with E-state index in [-0.39, 0.29) is 12.2 Å². The Balaban J connectivity index is 2.63. The number of ether oxygens (including phenoxy) is 1. The van der Waals surface area contributed by atoms with E-state index in [1.54, 1.807) is 6.92 Å². The van der Waals surface area contributed by atoms with E-state index in [4.69, 9.17) is 4.74 Å². The Morgan fingerprint density at radius 3 is 2.81 bits per heavy atom. The van der Waals surface area contributed by atoms with Crippen molar-refractivity contribution in [2.24, 2.45) is 5.92 Å². The third kappa shape index (κ3) is 2.76. The molecule has 0 bridgehead atoms. The van der Waals surface area contributed by atoms with Gasteiger partial charge in [-0.2, -0.15) is 0 Å². The van der Waals surface area contributed by atoms with Crippen molar-refractivity contribution in [3.63, 3.8) is 0 Å². The molecule has 0 aliphatic heterocycles. The molecule has 7 nitrogen and oxygen atoms in total. The molecule has 0 aliphatic rings. The lowest BCUT2D eigenvalue weighted by Gasteiger charge is -2.14. The molecule has 0 amide bonds. The van der Waals surface area contributed by atoms with Gasteiger partial charge in [0, 0.05) is 6.54 Å². The molecule has 2 aromatic heterocycles. The Bertz CT molecular complexity index is 715. The van der Waals surface area contributed by atoms with E-state index >= 15 is 0 Å². The fourth-order valence-electron chi connectivity index (χ4n) is 2.08. The number of rotatable bonds is 5. The SMILES string of the molecule is CCOC(=O)c1c(O)c2cncn2n(CCC(C)C)c1=O. The summed E-state index contributed by atoms with van der Waals surface area (Å²) in [4.78, 5) is 28.3. The topological polar surface area (TPSA) is 85.8 Å². The lowest BCUT2D eigenvalue weighted by Crippen LogP contribution is -2.32. The van der Waals surface area contributed by atoms with E-state index < -0.39 is 17.3 Å². The molecule has 114 valence electrons. The number of carbonyl (C=O) groups is 1. The fourth-order valence-corrected chi connectivity index (χ4v) is 2.08. The lowest BCUT2D eigenvalue weighted by molar-refractivity contribution is 0.0519. The Labute approximate surface area is 121 Å². The Hall–Kier alpha value is -2.31. The van der Waals surface area contributed by atoms with Gasteiger partial charge in [-0.25, -0.2) is 19.0 Å². The molecule has 0 atom stereocenters. The molecular formula is C14H19N3O4. The molecule has 7 heteroatoms. The van der Waals surface area contributed by atoms with Gasteiger partial charge in [0.2, 0.25) is 0 Å². The second kappa shape index (κ2) is 5.99. The summed E-state index contributed by atoms with van der Waals surface area (Å²) in [6.07, 6.45) is 3.61. The van der Waals surface area contributed by atoms with Crippen molar-refractivity contribution < 1.29 is 14.6 Å². The Kier molecular flexibility index (Phi) is 4.30. The minimum absolute atomic E-state index is 0.133. The highest BCUT2D eigenvalue weighted by Gasteiger charge is 2.23. The van der Waals surface area contributed by atoms with Crippen LogP contribution in [0.3, 0.4) is 0 Å². The van der Waals surface area contributed by atoms with E-state index in [0.717, 1.165) is 6.42 Å². The first-order chi connectivity index (χ1) is 9.97. The van der Waals surface area contributed by atoms with E-state index in [2.05, 4.69) is 4.98 Å². The highest BCUT2D eigenvalue weighted by atomic mass is 16.5. The van der Waals surface area contributed by atoms with Crippen molar-refractivity contribution in [2.75, 3.05) is 6.61 Å². The van der Waals surface area contributed by atoms with Gasteiger partial charge in [-0.1, -0.05) is 13.8 Å². The molecular weight excluding hydrogens is 274 g/mol. The summed E-state index contributed by atoms with van der Waals surface area (Å²) in [6.45, 7) is 6.29. The smallest absolute Gasteiger partial charge is 0.347 e. The minimum atomic E-state index is -0.818. The number of nitrogens with zero attached hydrogens (tertiary/aromatic N) is 3. The van der Waals surface area contributed by atoms with Crippen molar-refractivity contribution in [1.82, 2.24) is 14.2 Å². The van der Waals surface area contributed by atoms with Crippen LogP contribution in [0.4, 0.5) is 0 Å². The first-order valence-electron chi connectivity index (χ1n) is 6.92. The maximum atomic E-state index is 12.5. The molecule has 0 unspecified atom stereocenters. The summed E-state index contributed by atoms with van der Waals surface area (Å²) in [5.41, 5.74) is -0.605. The van der Waals surface area contributed by atoms with Crippen molar-refractivity contribution in [3.8, 4) is 5.75 Å². The largest absolute Gasteiger partial charge is 0.505 e. The van der Waals surface area contributed by atoms with Crippen LogP contribution in [0, 0.1) is 5.92 Å². The number of imidazole rings is 1. The van der Waals surface area contributed by atoms with Crippen LogP contribution in [0.2, 0.25) is 0 Å². The summed E-state index contributed by atoms with van der Waals surface area (Å²) in [7, 11) is 0. The molecule has 0 aliphatic carbocycles. The minimum Gasteiger partial charge on any atom is -0.505 e. The first kappa shape index (κ1) is 15.1. The van der Waals surface area contributed by atoms with Gasteiger partial charge in [0.1, 0.15) is 11.8 Å². The van der Waals surface area contributed by atoms with Crippen LogP contribution in [0.1, 0.15) is 37.6 Å². The average molecular weight is 293 g/mol. The van der Waals surface area contributed by atoms with E-state index in [9.17, 15) is 14.7 Å². The number of hydrogen-bond acceptors (Lipinski definition) is 5. The second-order valence-corrected chi connectivity index (χ2v) is 5.18. The standard InChI is InChI=1S/C14H19N3O4/c1-4-21-14(20)11-12(18)10-7-15-8-17(10)16(13(11)19)6-5-9(2)3/h7-9,18H,4-6H2,1-3H3. The summed E-state index contributed by atoms with van der Waals surface area (Å²) < 4.78 is 7.71. The number of aromatic hydroxyl groups is 1. The summed E-state index contributed by atoms with van der Waals surface area (Å²) in [5, 5.41) is 10.1. The van der Waals surface area contributed by atoms with Gasteiger partial charge < -0.3 is 9.84 Å². The average Bonchev–Trinajstić information content (AvgIpc) is 2.88. The lowest BCUT2D eigenvalue weighted by atomic mass is 10.1. The second-order valence-electron chi connectivity index (χ2n) is 5.18. The van der Waals surface area contributed by atoms with Crippen LogP contribution >= 0.6 is 0 Å². The normalized spacial score (nSPS) is 11.2. The first-order valence-corrected chi connectivity index (χ1v) is 6.92. The quantitative estimate of drug-likeness (QED) is 0.843. The number of esters is 1. The number of aryl methyl sites for hydroxylation is 1. The van der Waals surface area contributed by atoms with Gasteiger partial charge >= 0.3 is 5.97 Å². The molecule has 0 spiro atoms. The number of aromatic nitrogens is 3. The van der Waals surface area contributed by atoms with Crippen LogP contribution in [-0.4, -0.2) is 31.9 Å². The van der Waals surface area contributed by atoms with Crippen LogP contribution in [0.15, 0.2) is 17.3 Å². The summed E-state index contributed by atoms with van der Waals surface area (Å²) >= 11 is 0. The molecule has 0 saturated carbocycles. The fraction of sp³-hybridized carbons (Fsp3) is 0.500. The molecule has 0 fully saturated rings. The van der Waals surface area contributed by atoms with Gasteiger partial charge in [-0.05, 0) is 19.3 Å². The maximum absolute atomic E-state index is 12.5. The van der Waals surface area contributed by atoms with Crippen LogP contribution < -0.4 is 5.56 Å². The van der Waals surface area contributed by atoms with E-state index in [0.29, 0.717) is 18.0 Å². The number of hydrogen-bond donors (Lipinski definition) is 1. The predicted molar refractivity (Wildman–Crippen MR) is 76.5 cm³/mol. The molecule has 0 aromatic carbocycles. The predicted octanol–water partition coefficient (Wildman–Crippen LogP) is 1.42. The van der Waals surface area contributed by atoms with E-state index in [1.165, 1.54) is 21.7 Å². The highest BCUT2D eigenvalue weighted by Crippen LogP contribution is 2.21. The van der Waals surface area contributed by atoms with Crippen molar-refractivity contribution in [1.29, 1.82) is 0 Å². The van der Waals surface area contributed by atoms with Crippen LogP contribution in [0.5, 0.6) is 5.75 Å². The van der Waals surface area contributed by atoms with Crippen LogP contribution in [0.25, 0.3) is 5.52 Å². The molecule has 0 saturated heterocycles. The molecule has 0 radical (unpaired) electrons. The molecule has 21 heavy (non-hydrogen) atoms. The molecule has 2 aromatic rings.